The van der Waals surface area contributed by atoms with Crippen LogP contribution in [-0.2, 0) is 17.3 Å². The van der Waals surface area contributed by atoms with Gasteiger partial charge in [0.15, 0.2) is 0 Å². The fraction of sp³-hybridized carbons (Fsp3) is 0.500. The Balaban J connectivity index is 1.52. The average molecular weight is 493 g/mol. The number of alkyl halides is 3. The molecular weight excluding hydrogens is 465 g/mol. The average Bonchev–Trinajstić information content (AvgIpc) is 3.06. The molecule has 2 atom stereocenters. The molecule has 0 aromatic heterocycles. The van der Waals surface area contributed by atoms with Crippen LogP contribution >= 0.6 is 11.6 Å². The van der Waals surface area contributed by atoms with Gasteiger partial charge in [-0.25, -0.2) is 4.79 Å². The molecule has 0 aliphatic carbocycles. The number of hydrogen-bond donors (Lipinski definition) is 0. The molecule has 0 N–H and O–H groups in total. The summed E-state index contributed by atoms with van der Waals surface area (Å²) in [7, 11) is 0. The van der Waals surface area contributed by atoms with Crippen LogP contribution in [-0.4, -0.2) is 42.3 Å². The van der Waals surface area contributed by atoms with Crippen molar-refractivity contribution >= 4 is 23.4 Å². The van der Waals surface area contributed by atoms with Crippen LogP contribution in [0.5, 0.6) is 0 Å². The molecule has 1 fully saturated rings. The van der Waals surface area contributed by atoms with Gasteiger partial charge in [-0.05, 0) is 81.0 Å². The minimum Gasteiger partial charge on any atom is -0.444 e. The quantitative estimate of drug-likeness (QED) is 0.434. The van der Waals surface area contributed by atoms with Crippen LogP contribution in [0.4, 0.5) is 23.7 Å². The van der Waals surface area contributed by atoms with Gasteiger partial charge in [0.25, 0.3) is 0 Å². The minimum absolute atomic E-state index is 0.0863. The van der Waals surface area contributed by atoms with Gasteiger partial charge in [0.1, 0.15) is 5.60 Å². The highest BCUT2D eigenvalue weighted by atomic mass is 35.5. The second-order valence-corrected chi connectivity index (χ2v) is 10.9. The van der Waals surface area contributed by atoms with E-state index in [0.29, 0.717) is 24.7 Å². The summed E-state index contributed by atoms with van der Waals surface area (Å²) in [6.07, 6.45) is -1.94. The summed E-state index contributed by atoms with van der Waals surface area (Å²) in [6, 6.07) is 7.99. The number of likely N-dealkylation sites (tertiary alicyclic amines) is 1. The number of rotatable bonds is 1. The predicted octanol–water partition coefficient (Wildman–Crippen LogP) is 6.89. The van der Waals surface area contributed by atoms with Crippen molar-refractivity contribution in [2.75, 3.05) is 24.5 Å². The standard InChI is InChI=1S/C26H28ClF3N2O2/c1-25(2,3)34-24(33)31-10-8-22-20(14-31)19-12-16(11-15-5-4-9-32(22)23(15)19)18-7-6-17(13-21(18)27)26(28,29)30/h6-7,11-13,20,22H,4-5,8-10,14H2,1-3H3. The molecule has 0 radical (unpaired) electrons. The third-order valence-electron chi connectivity index (χ3n) is 6.99. The monoisotopic (exact) mass is 492 g/mol. The molecule has 3 aliphatic heterocycles. The van der Waals surface area contributed by atoms with Crippen molar-refractivity contribution in [3.63, 3.8) is 0 Å². The number of hydrogen-bond acceptors (Lipinski definition) is 3. The number of halogens is 4. The first kappa shape index (κ1) is 23.3. The molecule has 3 aliphatic rings. The van der Waals surface area contributed by atoms with E-state index < -0.39 is 17.3 Å². The summed E-state index contributed by atoms with van der Waals surface area (Å²) in [4.78, 5) is 17.0. The van der Waals surface area contributed by atoms with Gasteiger partial charge in [0, 0.05) is 47.9 Å². The zero-order valence-electron chi connectivity index (χ0n) is 19.5. The second-order valence-electron chi connectivity index (χ2n) is 10.5. The lowest BCUT2D eigenvalue weighted by Gasteiger charge is -2.40. The van der Waals surface area contributed by atoms with Crippen LogP contribution in [0, 0.1) is 0 Å². The van der Waals surface area contributed by atoms with Crippen molar-refractivity contribution in [3.8, 4) is 11.1 Å². The smallest absolute Gasteiger partial charge is 0.416 e. The number of fused-ring (bicyclic) bond motifs is 3. The zero-order valence-corrected chi connectivity index (χ0v) is 20.3. The fourth-order valence-electron chi connectivity index (χ4n) is 5.62. The number of ether oxygens (including phenoxy) is 1. The number of benzene rings is 2. The summed E-state index contributed by atoms with van der Waals surface area (Å²) in [6.45, 7) is 7.77. The molecular formula is C26H28ClF3N2O2. The number of carbonyl (C=O) groups is 1. The normalized spacial score (nSPS) is 21.9. The fourth-order valence-corrected chi connectivity index (χ4v) is 5.91. The first-order valence-electron chi connectivity index (χ1n) is 11.7. The van der Waals surface area contributed by atoms with Crippen molar-refractivity contribution < 1.29 is 22.7 Å². The number of nitrogens with zero attached hydrogens (tertiary/aromatic N) is 2. The SMILES string of the molecule is CC(C)(C)OC(=O)N1CCC2C(C1)c1cc(-c3ccc(C(F)(F)F)cc3Cl)cc3c1N2CCC3. The molecule has 1 saturated heterocycles. The maximum atomic E-state index is 13.1. The van der Waals surface area contributed by atoms with Crippen LogP contribution in [0.15, 0.2) is 30.3 Å². The summed E-state index contributed by atoms with van der Waals surface area (Å²) in [5.74, 6) is 0.126. The maximum Gasteiger partial charge on any atom is 0.416 e. The second kappa shape index (κ2) is 8.08. The Hall–Kier alpha value is -2.41. The molecule has 34 heavy (non-hydrogen) atoms. The van der Waals surface area contributed by atoms with Crippen LogP contribution < -0.4 is 4.90 Å². The molecule has 2 aromatic rings. The van der Waals surface area contributed by atoms with Gasteiger partial charge < -0.3 is 14.5 Å². The summed E-state index contributed by atoms with van der Waals surface area (Å²) >= 11 is 6.34. The molecule has 182 valence electrons. The van der Waals surface area contributed by atoms with Gasteiger partial charge in [-0.2, -0.15) is 13.2 Å². The van der Waals surface area contributed by atoms with Crippen LogP contribution in [0.1, 0.15) is 56.2 Å². The lowest BCUT2D eigenvalue weighted by atomic mass is 9.86. The van der Waals surface area contributed by atoms with Gasteiger partial charge in [-0.1, -0.05) is 17.7 Å². The first-order valence-corrected chi connectivity index (χ1v) is 12.1. The number of piperidine rings is 1. The van der Waals surface area contributed by atoms with E-state index in [1.807, 2.05) is 20.8 Å². The minimum atomic E-state index is -4.44. The predicted molar refractivity (Wildman–Crippen MR) is 127 cm³/mol. The Morgan fingerprint density at radius 1 is 1.12 bits per heavy atom. The Morgan fingerprint density at radius 2 is 1.88 bits per heavy atom. The summed E-state index contributed by atoms with van der Waals surface area (Å²) in [5, 5.41) is 0.0863. The van der Waals surface area contributed by atoms with E-state index in [1.165, 1.54) is 17.3 Å². The lowest BCUT2D eigenvalue weighted by molar-refractivity contribution is -0.137. The number of aryl methyl sites for hydroxylation is 1. The highest BCUT2D eigenvalue weighted by molar-refractivity contribution is 6.33. The molecule has 0 saturated carbocycles. The largest absolute Gasteiger partial charge is 0.444 e. The Kier molecular flexibility index (Phi) is 5.54. The van der Waals surface area contributed by atoms with Crippen LogP contribution in [0.2, 0.25) is 5.02 Å². The van der Waals surface area contributed by atoms with E-state index in [2.05, 4.69) is 17.0 Å². The van der Waals surface area contributed by atoms with E-state index in [0.717, 1.165) is 49.1 Å². The highest BCUT2D eigenvalue weighted by Crippen LogP contribution is 2.50. The Bertz CT molecular complexity index is 1140. The highest BCUT2D eigenvalue weighted by Gasteiger charge is 2.45. The van der Waals surface area contributed by atoms with Crippen molar-refractivity contribution in [3.05, 3.63) is 52.0 Å². The Labute approximate surface area is 202 Å². The molecule has 2 unspecified atom stereocenters. The zero-order chi connectivity index (χ0) is 24.4. The molecule has 0 spiro atoms. The number of amides is 1. The molecule has 4 nitrogen and oxygen atoms in total. The maximum absolute atomic E-state index is 13.1. The number of carbonyl (C=O) groups excluding carboxylic acids is 1. The number of anilines is 1. The molecule has 2 aromatic carbocycles. The molecule has 5 rings (SSSR count). The van der Waals surface area contributed by atoms with Crippen molar-refractivity contribution in [1.29, 1.82) is 0 Å². The summed E-state index contributed by atoms with van der Waals surface area (Å²) < 4.78 is 45.0. The first-order chi connectivity index (χ1) is 15.9. The van der Waals surface area contributed by atoms with Gasteiger partial charge >= 0.3 is 12.3 Å². The summed E-state index contributed by atoms with van der Waals surface area (Å²) in [5.41, 5.74) is 3.69. The van der Waals surface area contributed by atoms with E-state index in [-0.39, 0.29) is 17.0 Å². The van der Waals surface area contributed by atoms with E-state index in [9.17, 15) is 18.0 Å². The van der Waals surface area contributed by atoms with Crippen LogP contribution in [0.25, 0.3) is 11.1 Å². The van der Waals surface area contributed by atoms with E-state index in [4.69, 9.17) is 16.3 Å². The lowest BCUT2D eigenvalue weighted by Crippen LogP contribution is -2.49. The van der Waals surface area contributed by atoms with Gasteiger partial charge in [-0.3, -0.25) is 0 Å². The third kappa shape index (κ3) is 4.12. The molecule has 3 heterocycles. The molecule has 8 heteroatoms. The van der Waals surface area contributed by atoms with Gasteiger partial charge in [0.05, 0.1) is 5.56 Å². The van der Waals surface area contributed by atoms with Gasteiger partial charge in [-0.15, -0.1) is 0 Å². The van der Waals surface area contributed by atoms with Crippen molar-refractivity contribution in [2.24, 2.45) is 0 Å². The van der Waals surface area contributed by atoms with Crippen molar-refractivity contribution in [1.82, 2.24) is 4.90 Å². The Morgan fingerprint density at radius 3 is 2.56 bits per heavy atom. The van der Waals surface area contributed by atoms with E-state index >= 15 is 0 Å². The van der Waals surface area contributed by atoms with Gasteiger partial charge in [0.2, 0.25) is 0 Å². The molecule has 0 bridgehead atoms. The topological polar surface area (TPSA) is 32.8 Å². The van der Waals surface area contributed by atoms with Crippen LogP contribution in [0.3, 0.4) is 0 Å². The van der Waals surface area contributed by atoms with Crippen molar-refractivity contribution in [2.45, 2.75) is 63.8 Å². The molecule has 1 amide bonds. The third-order valence-corrected chi connectivity index (χ3v) is 7.30. The van der Waals surface area contributed by atoms with E-state index in [1.54, 1.807) is 4.90 Å².